The van der Waals surface area contributed by atoms with Crippen LogP contribution in [0.2, 0.25) is 0 Å². The van der Waals surface area contributed by atoms with Crippen LogP contribution >= 0.6 is 22.6 Å². The number of carboxylic acids is 1. The molecule has 6 nitrogen and oxygen atoms in total. The molecule has 112 valence electrons. The van der Waals surface area contributed by atoms with Crippen molar-refractivity contribution in [2.75, 3.05) is 0 Å². The fourth-order valence-corrected chi connectivity index (χ4v) is 2.29. The van der Waals surface area contributed by atoms with Crippen LogP contribution in [0.1, 0.15) is 31.1 Å². The first-order chi connectivity index (χ1) is 10.5. The molecule has 2 aromatic carbocycles. The van der Waals surface area contributed by atoms with Crippen LogP contribution in [0, 0.1) is 3.57 Å². The van der Waals surface area contributed by atoms with Gasteiger partial charge in [0.05, 0.1) is 11.1 Å². The topological polar surface area (TPSA) is 95.5 Å². The molecule has 2 aromatic rings. The summed E-state index contributed by atoms with van der Waals surface area (Å²) in [7, 11) is 0. The van der Waals surface area contributed by atoms with Crippen LogP contribution < -0.4 is 10.9 Å². The quantitative estimate of drug-likeness (QED) is 0.534. The van der Waals surface area contributed by atoms with Crippen LogP contribution in [-0.2, 0) is 0 Å². The molecule has 0 aromatic heterocycles. The van der Waals surface area contributed by atoms with Crippen molar-refractivity contribution in [2.45, 2.75) is 0 Å². The number of carboxylic acid groups (broad SMARTS) is 1. The molecule has 0 unspecified atom stereocenters. The molecule has 0 fully saturated rings. The average molecular weight is 410 g/mol. The van der Waals surface area contributed by atoms with Crippen molar-refractivity contribution in [1.82, 2.24) is 10.9 Å². The molecule has 2 amide bonds. The van der Waals surface area contributed by atoms with Crippen molar-refractivity contribution in [3.8, 4) is 0 Å². The molecule has 0 radical (unpaired) electrons. The Labute approximate surface area is 139 Å². The van der Waals surface area contributed by atoms with E-state index < -0.39 is 17.8 Å². The van der Waals surface area contributed by atoms with Gasteiger partial charge in [0.2, 0.25) is 0 Å². The van der Waals surface area contributed by atoms with Crippen LogP contribution in [0.5, 0.6) is 0 Å². The largest absolute Gasteiger partial charge is 0.478 e. The van der Waals surface area contributed by atoms with Gasteiger partial charge in [-0.05, 0) is 52.9 Å². The number of hydrazine groups is 1. The van der Waals surface area contributed by atoms with Crippen LogP contribution in [-0.4, -0.2) is 22.9 Å². The lowest BCUT2D eigenvalue weighted by Crippen LogP contribution is -2.42. The fourth-order valence-electron chi connectivity index (χ4n) is 1.75. The number of amides is 2. The standard InChI is InChI=1S/C15H11IN2O4/c16-10-5-3-4-9(8-10)13(19)17-18-14(20)11-6-1-2-7-12(11)15(21)22/h1-8H,(H,17,19)(H,18,20)(H,21,22). The third-order valence-electron chi connectivity index (χ3n) is 2.78. The van der Waals surface area contributed by atoms with Gasteiger partial charge in [-0.15, -0.1) is 0 Å². The molecular weight excluding hydrogens is 399 g/mol. The summed E-state index contributed by atoms with van der Waals surface area (Å²) in [5.74, 6) is -2.40. The second kappa shape index (κ2) is 7.03. The van der Waals surface area contributed by atoms with Gasteiger partial charge >= 0.3 is 5.97 Å². The van der Waals surface area contributed by atoms with Gasteiger partial charge < -0.3 is 5.11 Å². The van der Waals surface area contributed by atoms with E-state index in [9.17, 15) is 14.4 Å². The van der Waals surface area contributed by atoms with Crippen molar-refractivity contribution in [3.63, 3.8) is 0 Å². The molecule has 7 heteroatoms. The monoisotopic (exact) mass is 410 g/mol. The van der Waals surface area contributed by atoms with Crippen LogP contribution in [0.4, 0.5) is 0 Å². The van der Waals surface area contributed by atoms with Crippen LogP contribution in [0.25, 0.3) is 0 Å². The van der Waals surface area contributed by atoms with Gasteiger partial charge in [-0.25, -0.2) is 4.79 Å². The zero-order valence-electron chi connectivity index (χ0n) is 11.2. The normalized spacial score (nSPS) is 9.86. The van der Waals surface area contributed by atoms with Gasteiger partial charge in [0.25, 0.3) is 11.8 Å². The van der Waals surface area contributed by atoms with Gasteiger partial charge in [-0.1, -0.05) is 18.2 Å². The highest BCUT2D eigenvalue weighted by Crippen LogP contribution is 2.09. The molecule has 0 bridgehead atoms. The number of carbonyl (C=O) groups excluding carboxylic acids is 2. The Hall–Kier alpha value is -2.42. The fraction of sp³-hybridized carbons (Fsp3) is 0. The minimum absolute atomic E-state index is 0.0297. The highest BCUT2D eigenvalue weighted by Gasteiger charge is 2.16. The first-order valence-corrected chi connectivity index (χ1v) is 7.25. The lowest BCUT2D eigenvalue weighted by molar-refractivity contribution is 0.0690. The number of halogens is 1. The number of rotatable bonds is 3. The SMILES string of the molecule is O=C(NNC(=O)c1ccccc1C(=O)O)c1cccc(I)c1. The van der Waals surface area contributed by atoms with E-state index in [-0.39, 0.29) is 11.1 Å². The number of nitrogens with one attached hydrogen (secondary N) is 2. The van der Waals surface area contributed by atoms with E-state index in [1.54, 1.807) is 24.3 Å². The molecule has 0 atom stereocenters. The highest BCUT2D eigenvalue weighted by molar-refractivity contribution is 14.1. The number of hydrogen-bond acceptors (Lipinski definition) is 3. The van der Waals surface area contributed by atoms with Gasteiger partial charge in [0, 0.05) is 9.13 Å². The molecule has 0 saturated carbocycles. The van der Waals surface area contributed by atoms with Crippen molar-refractivity contribution in [1.29, 1.82) is 0 Å². The summed E-state index contributed by atoms with van der Waals surface area (Å²) in [6.07, 6.45) is 0. The van der Waals surface area contributed by atoms with Crippen molar-refractivity contribution in [2.24, 2.45) is 0 Å². The molecule has 0 aliphatic rings. The summed E-state index contributed by atoms with van der Waals surface area (Å²) in [6.45, 7) is 0. The zero-order valence-corrected chi connectivity index (χ0v) is 13.3. The molecule has 3 N–H and O–H groups in total. The molecular formula is C15H11IN2O4. The van der Waals surface area contributed by atoms with Gasteiger partial charge in [-0.3, -0.25) is 20.4 Å². The van der Waals surface area contributed by atoms with Crippen LogP contribution in [0.15, 0.2) is 48.5 Å². The van der Waals surface area contributed by atoms with E-state index in [1.165, 1.54) is 18.2 Å². The van der Waals surface area contributed by atoms with Gasteiger partial charge in [0.15, 0.2) is 0 Å². The zero-order chi connectivity index (χ0) is 16.1. The third-order valence-corrected chi connectivity index (χ3v) is 3.45. The van der Waals surface area contributed by atoms with E-state index in [0.29, 0.717) is 5.56 Å². The maximum atomic E-state index is 12.0. The minimum Gasteiger partial charge on any atom is -0.478 e. The van der Waals surface area contributed by atoms with Crippen molar-refractivity contribution >= 4 is 40.4 Å². The first-order valence-electron chi connectivity index (χ1n) is 6.17. The Bertz CT molecular complexity index is 746. The molecule has 22 heavy (non-hydrogen) atoms. The molecule has 0 saturated heterocycles. The molecule has 0 aliphatic carbocycles. The molecule has 0 aliphatic heterocycles. The molecule has 2 rings (SSSR count). The molecule has 0 spiro atoms. The minimum atomic E-state index is -1.21. The maximum absolute atomic E-state index is 12.0. The van der Waals surface area contributed by atoms with Crippen molar-refractivity contribution in [3.05, 3.63) is 68.8 Å². The smallest absolute Gasteiger partial charge is 0.336 e. The highest BCUT2D eigenvalue weighted by atomic mass is 127. The summed E-state index contributed by atoms with van der Waals surface area (Å²) in [6, 6.07) is 12.6. The average Bonchev–Trinajstić information content (AvgIpc) is 2.52. The van der Waals surface area contributed by atoms with Gasteiger partial charge in [-0.2, -0.15) is 0 Å². The maximum Gasteiger partial charge on any atom is 0.336 e. The van der Waals surface area contributed by atoms with Crippen molar-refractivity contribution < 1.29 is 19.5 Å². The summed E-state index contributed by atoms with van der Waals surface area (Å²) in [5.41, 5.74) is 4.69. The Morgan fingerprint density at radius 3 is 2.14 bits per heavy atom. The first kappa shape index (κ1) is 16.0. The summed E-state index contributed by atoms with van der Waals surface area (Å²) in [4.78, 5) is 34.9. The molecule has 0 heterocycles. The van der Waals surface area contributed by atoms with E-state index in [0.717, 1.165) is 3.57 Å². The number of carbonyl (C=O) groups is 3. The summed E-state index contributed by atoms with van der Waals surface area (Å²) < 4.78 is 0.882. The number of hydrogen-bond donors (Lipinski definition) is 3. The predicted octanol–water partition coefficient (Wildman–Crippen LogP) is 2.06. The van der Waals surface area contributed by atoms with E-state index >= 15 is 0 Å². The lowest BCUT2D eigenvalue weighted by Gasteiger charge is -2.09. The number of aromatic carboxylic acids is 1. The third kappa shape index (κ3) is 3.82. The number of benzene rings is 2. The Kier molecular flexibility index (Phi) is 5.10. The second-order valence-electron chi connectivity index (χ2n) is 4.27. The Morgan fingerprint density at radius 1 is 0.864 bits per heavy atom. The van der Waals surface area contributed by atoms with E-state index in [4.69, 9.17) is 5.11 Å². The Balaban J connectivity index is 2.07. The summed E-state index contributed by atoms with van der Waals surface area (Å²) in [5, 5.41) is 9.03. The van der Waals surface area contributed by atoms with E-state index in [1.807, 2.05) is 6.07 Å². The predicted molar refractivity (Wildman–Crippen MR) is 87.5 cm³/mol. The Morgan fingerprint density at radius 2 is 1.50 bits per heavy atom. The van der Waals surface area contributed by atoms with E-state index in [2.05, 4.69) is 33.4 Å². The summed E-state index contributed by atoms with van der Waals surface area (Å²) >= 11 is 2.07. The van der Waals surface area contributed by atoms with Crippen LogP contribution in [0.3, 0.4) is 0 Å². The lowest BCUT2D eigenvalue weighted by atomic mass is 10.1. The van der Waals surface area contributed by atoms with Gasteiger partial charge in [0.1, 0.15) is 0 Å². The second-order valence-corrected chi connectivity index (χ2v) is 5.51.